The first-order valence-corrected chi connectivity index (χ1v) is 11.8. The maximum atomic E-state index is 13.4. The van der Waals surface area contributed by atoms with Crippen LogP contribution >= 0.6 is 22.7 Å². The van der Waals surface area contributed by atoms with Gasteiger partial charge in [0.05, 0.1) is 18.1 Å². The average Bonchev–Trinajstić information content (AvgIpc) is 3.31. The van der Waals surface area contributed by atoms with E-state index in [2.05, 4.69) is 0 Å². The molecule has 0 saturated carbocycles. The second kappa shape index (κ2) is 8.02. The molecule has 142 valence electrons. The van der Waals surface area contributed by atoms with Crippen molar-refractivity contribution < 1.29 is 17.9 Å². The van der Waals surface area contributed by atoms with Crippen LogP contribution in [0.1, 0.15) is 16.2 Å². The van der Waals surface area contributed by atoms with Crippen LogP contribution in [0.15, 0.2) is 58.1 Å². The van der Waals surface area contributed by atoms with Crippen LogP contribution in [0, 0.1) is 0 Å². The molecule has 1 aromatic carbocycles. The van der Waals surface area contributed by atoms with Crippen molar-refractivity contribution in [1.29, 1.82) is 0 Å². The van der Waals surface area contributed by atoms with Gasteiger partial charge in [-0.05, 0) is 35.0 Å². The quantitative estimate of drug-likeness (QED) is 0.593. The zero-order valence-corrected chi connectivity index (χ0v) is 17.0. The van der Waals surface area contributed by atoms with Gasteiger partial charge in [0.15, 0.2) is 11.5 Å². The van der Waals surface area contributed by atoms with E-state index in [-0.39, 0.29) is 4.90 Å². The number of sulfonamides is 1. The van der Waals surface area contributed by atoms with E-state index in [1.165, 1.54) is 4.31 Å². The molecule has 0 fully saturated rings. The molecule has 27 heavy (non-hydrogen) atoms. The zero-order chi connectivity index (χ0) is 18.7. The van der Waals surface area contributed by atoms with Crippen molar-refractivity contribution in [1.82, 2.24) is 4.31 Å². The largest absolute Gasteiger partial charge is 0.490 e. The van der Waals surface area contributed by atoms with E-state index < -0.39 is 10.0 Å². The van der Waals surface area contributed by atoms with Gasteiger partial charge < -0.3 is 9.47 Å². The number of hydrogen-bond acceptors (Lipinski definition) is 6. The van der Waals surface area contributed by atoms with Crippen LogP contribution in [0.25, 0.3) is 0 Å². The molecule has 0 spiro atoms. The summed E-state index contributed by atoms with van der Waals surface area (Å²) in [5.74, 6) is 1.08. The first-order chi connectivity index (χ1) is 13.1. The number of benzene rings is 1. The fourth-order valence-electron chi connectivity index (χ4n) is 2.83. The van der Waals surface area contributed by atoms with Crippen LogP contribution in [-0.2, 0) is 23.1 Å². The van der Waals surface area contributed by atoms with Crippen LogP contribution in [0.4, 0.5) is 0 Å². The van der Waals surface area contributed by atoms with Crippen molar-refractivity contribution >= 4 is 32.7 Å². The number of hydrogen-bond donors (Lipinski definition) is 0. The second-order valence-corrected chi connectivity index (χ2v) is 10.1. The number of rotatable bonds is 6. The Bertz CT molecular complexity index is 946. The molecule has 2 aromatic heterocycles. The van der Waals surface area contributed by atoms with E-state index >= 15 is 0 Å². The SMILES string of the molecule is O=S(=O)(c1ccc2c(c1)OCCCO2)N(Cc1cccs1)Cc1cccs1. The minimum Gasteiger partial charge on any atom is -0.490 e. The second-order valence-electron chi connectivity index (χ2n) is 6.09. The van der Waals surface area contributed by atoms with Crippen molar-refractivity contribution in [3.05, 3.63) is 63.0 Å². The van der Waals surface area contributed by atoms with Crippen LogP contribution in [-0.4, -0.2) is 25.9 Å². The third kappa shape index (κ3) is 4.19. The van der Waals surface area contributed by atoms with Crippen molar-refractivity contribution in [3.8, 4) is 11.5 Å². The van der Waals surface area contributed by atoms with E-state index in [0.29, 0.717) is 37.8 Å². The summed E-state index contributed by atoms with van der Waals surface area (Å²) in [6, 6.07) is 12.6. The molecule has 8 heteroatoms. The fraction of sp³-hybridized carbons (Fsp3) is 0.263. The molecule has 1 aliphatic heterocycles. The smallest absolute Gasteiger partial charge is 0.243 e. The van der Waals surface area contributed by atoms with Crippen LogP contribution in [0.2, 0.25) is 0 Å². The van der Waals surface area contributed by atoms with Crippen LogP contribution in [0.3, 0.4) is 0 Å². The van der Waals surface area contributed by atoms with Crippen molar-refractivity contribution in [2.24, 2.45) is 0 Å². The number of nitrogens with zero attached hydrogens (tertiary/aromatic N) is 1. The summed E-state index contributed by atoms with van der Waals surface area (Å²) in [5, 5.41) is 3.91. The van der Waals surface area contributed by atoms with Gasteiger partial charge in [-0.25, -0.2) is 8.42 Å². The van der Waals surface area contributed by atoms with Crippen LogP contribution < -0.4 is 9.47 Å². The Balaban J connectivity index is 1.68. The van der Waals surface area contributed by atoms with Crippen LogP contribution in [0.5, 0.6) is 11.5 Å². The summed E-state index contributed by atoms with van der Waals surface area (Å²) >= 11 is 3.11. The normalized spacial score (nSPS) is 14.3. The van der Waals surface area contributed by atoms with Gasteiger partial charge in [0, 0.05) is 35.3 Å². The molecule has 3 heterocycles. The zero-order valence-electron chi connectivity index (χ0n) is 14.5. The molecule has 0 radical (unpaired) electrons. The Morgan fingerprint density at radius 2 is 1.52 bits per heavy atom. The highest BCUT2D eigenvalue weighted by atomic mass is 32.2. The molecule has 0 amide bonds. The highest BCUT2D eigenvalue weighted by Gasteiger charge is 2.27. The van der Waals surface area contributed by atoms with Crippen molar-refractivity contribution in [2.75, 3.05) is 13.2 Å². The summed E-state index contributed by atoms with van der Waals surface area (Å²) in [5.41, 5.74) is 0. The van der Waals surface area contributed by atoms with Gasteiger partial charge in [-0.3, -0.25) is 0 Å². The monoisotopic (exact) mass is 421 g/mol. The summed E-state index contributed by atoms with van der Waals surface area (Å²) in [6.45, 7) is 1.77. The summed E-state index contributed by atoms with van der Waals surface area (Å²) in [6.07, 6.45) is 0.777. The maximum absolute atomic E-state index is 13.4. The summed E-state index contributed by atoms with van der Waals surface area (Å²) in [4.78, 5) is 2.23. The molecule has 0 unspecified atom stereocenters. The van der Waals surface area contributed by atoms with E-state index in [9.17, 15) is 8.42 Å². The first-order valence-electron chi connectivity index (χ1n) is 8.57. The van der Waals surface area contributed by atoms with Gasteiger partial charge in [-0.2, -0.15) is 4.31 Å². The Morgan fingerprint density at radius 1 is 0.889 bits per heavy atom. The van der Waals surface area contributed by atoms with Crippen molar-refractivity contribution in [3.63, 3.8) is 0 Å². The Labute approximate surface area is 166 Å². The number of ether oxygens (including phenoxy) is 2. The molecule has 1 aliphatic rings. The van der Waals surface area contributed by atoms with Crippen molar-refractivity contribution in [2.45, 2.75) is 24.4 Å². The topological polar surface area (TPSA) is 55.8 Å². The van der Waals surface area contributed by atoms with E-state index in [4.69, 9.17) is 9.47 Å². The first kappa shape index (κ1) is 18.5. The third-order valence-electron chi connectivity index (χ3n) is 4.18. The Hall–Kier alpha value is -1.87. The Kier molecular flexibility index (Phi) is 5.49. The van der Waals surface area contributed by atoms with E-state index in [1.807, 2.05) is 35.0 Å². The third-order valence-corrected chi connectivity index (χ3v) is 7.69. The lowest BCUT2D eigenvalue weighted by molar-refractivity contribution is 0.296. The van der Waals surface area contributed by atoms with Gasteiger partial charge in [0.1, 0.15) is 0 Å². The number of thiophene rings is 2. The van der Waals surface area contributed by atoms with Gasteiger partial charge in [0.2, 0.25) is 10.0 Å². The van der Waals surface area contributed by atoms with Gasteiger partial charge in [0.25, 0.3) is 0 Å². The van der Waals surface area contributed by atoms with E-state index in [0.717, 1.165) is 16.2 Å². The Morgan fingerprint density at radius 3 is 2.11 bits per heavy atom. The molecule has 0 saturated heterocycles. The molecule has 4 rings (SSSR count). The average molecular weight is 422 g/mol. The van der Waals surface area contributed by atoms with Gasteiger partial charge in [-0.15, -0.1) is 22.7 Å². The van der Waals surface area contributed by atoms with Gasteiger partial charge >= 0.3 is 0 Å². The molecule has 0 bridgehead atoms. The highest BCUT2D eigenvalue weighted by Crippen LogP contribution is 2.34. The predicted octanol–water partition coefficient (Wildman–Crippen LogP) is 4.36. The van der Waals surface area contributed by atoms with E-state index in [1.54, 1.807) is 40.9 Å². The highest BCUT2D eigenvalue weighted by molar-refractivity contribution is 7.89. The maximum Gasteiger partial charge on any atom is 0.243 e. The lowest BCUT2D eigenvalue weighted by Gasteiger charge is -2.22. The summed E-state index contributed by atoms with van der Waals surface area (Å²) in [7, 11) is -3.69. The molecular weight excluding hydrogens is 402 g/mol. The standard InChI is InChI=1S/C19H19NO4S3/c21-27(22,17-6-7-18-19(12-17)24-9-3-8-23-18)20(13-15-4-1-10-25-15)14-16-5-2-11-26-16/h1-2,4-7,10-12H,3,8-9,13-14H2. The molecular formula is C19H19NO4S3. The summed E-state index contributed by atoms with van der Waals surface area (Å²) < 4.78 is 39.6. The minimum absolute atomic E-state index is 0.222. The fourth-order valence-corrected chi connectivity index (χ4v) is 5.85. The molecule has 0 N–H and O–H groups in total. The predicted molar refractivity (Wildman–Crippen MR) is 107 cm³/mol. The lowest BCUT2D eigenvalue weighted by atomic mass is 10.3. The lowest BCUT2D eigenvalue weighted by Crippen LogP contribution is -2.29. The molecule has 3 aromatic rings. The van der Waals surface area contributed by atoms with Gasteiger partial charge in [-0.1, -0.05) is 12.1 Å². The molecule has 0 atom stereocenters. The molecule has 0 aliphatic carbocycles. The minimum atomic E-state index is -3.69. The number of fused-ring (bicyclic) bond motifs is 1. The molecule has 5 nitrogen and oxygen atoms in total.